The van der Waals surface area contributed by atoms with Gasteiger partial charge in [0.1, 0.15) is 5.75 Å². The first-order chi connectivity index (χ1) is 14.1. The summed E-state index contributed by atoms with van der Waals surface area (Å²) in [5, 5.41) is 10.8. The number of nitrogens with zero attached hydrogens (tertiary/aromatic N) is 2. The van der Waals surface area contributed by atoms with Crippen LogP contribution < -0.4 is 10.1 Å². The molecule has 2 aromatic carbocycles. The fourth-order valence-corrected chi connectivity index (χ4v) is 2.63. The summed E-state index contributed by atoms with van der Waals surface area (Å²) in [5.74, 6) is 0.733. The van der Waals surface area contributed by atoms with Crippen LogP contribution in [0.15, 0.2) is 52.9 Å². The van der Waals surface area contributed by atoms with Crippen molar-refractivity contribution in [2.24, 2.45) is 0 Å². The van der Waals surface area contributed by atoms with E-state index in [9.17, 15) is 9.59 Å². The van der Waals surface area contributed by atoms with E-state index >= 15 is 0 Å². The summed E-state index contributed by atoms with van der Waals surface area (Å²) in [6.45, 7) is 2.06. The number of nitrogens with one attached hydrogen (secondary N) is 1. The van der Waals surface area contributed by atoms with E-state index in [0.717, 1.165) is 0 Å². The Morgan fingerprint density at radius 2 is 1.83 bits per heavy atom. The van der Waals surface area contributed by atoms with Gasteiger partial charge in [-0.25, -0.2) is 4.79 Å². The first-order valence-corrected chi connectivity index (χ1v) is 9.13. The normalized spacial score (nSPS) is 10.4. The number of carbonyl (C=O) groups is 2. The molecule has 1 heterocycles. The number of carbonyl (C=O) groups excluding carboxylic acids is 2. The minimum absolute atomic E-state index is 0.174. The molecule has 1 aromatic heterocycles. The van der Waals surface area contributed by atoms with Gasteiger partial charge in [-0.1, -0.05) is 12.1 Å². The molecule has 0 spiro atoms. The summed E-state index contributed by atoms with van der Waals surface area (Å²) in [6, 6.07) is 13.8. The minimum atomic E-state index is -0.396. The van der Waals surface area contributed by atoms with Crippen molar-refractivity contribution < 1.29 is 23.5 Å². The Bertz CT molecular complexity index is 982. The zero-order valence-electron chi connectivity index (χ0n) is 16.2. The lowest BCUT2D eigenvalue weighted by molar-refractivity contribution is -0.116. The van der Waals surface area contributed by atoms with Gasteiger partial charge in [0, 0.05) is 18.5 Å². The molecule has 8 nitrogen and oxygen atoms in total. The zero-order chi connectivity index (χ0) is 20.6. The summed E-state index contributed by atoms with van der Waals surface area (Å²) in [6.07, 6.45) is 0.474. The summed E-state index contributed by atoms with van der Waals surface area (Å²) in [5.41, 5.74) is 1.71. The molecule has 0 atom stereocenters. The minimum Gasteiger partial charge on any atom is -0.496 e. The van der Waals surface area contributed by atoms with Crippen molar-refractivity contribution in [3.8, 4) is 17.2 Å². The number of aryl methyl sites for hydroxylation is 1. The molecular formula is C21H21N3O5. The van der Waals surface area contributed by atoms with Gasteiger partial charge in [-0.15, -0.1) is 10.2 Å². The van der Waals surface area contributed by atoms with Crippen molar-refractivity contribution in [1.29, 1.82) is 0 Å². The first kappa shape index (κ1) is 20.1. The maximum atomic E-state index is 12.2. The number of rotatable bonds is 8. The van der Waals surface area contributed by atoms with Crippen LogP contribution in [0.1, 0.15) is 29.6 Å². The Morgan fingerprint density at radius 3 is 2.55 bits per heavy atom. The van der Waals surface area contributed by atoms with E-state index in [1.807, 2.05) is 18.2 Å². The van der Waals surface area contributed by atoms with Gasteiger partial charge in [0.15, 0.2) is 0 Å². The van der Waals surface area contributed by atoms with E-state index in [2.05, 4.69) is 15.5 Å². The fourth-order valence-electron chi connectivity index (χ4n) is 2.63. The van der Waals surface area contributed by atoms with Gasteiger partial charge in [0.2, 0.25) is 11.8 Å². The van der Waals surface area contributed by atoms with Crippen molar-refractivity contribution in [3.63, 3.8) is 0 Å². The quantitative estimate of drug-likeness (QED) is 0.582. The van der Waals surface area contributed by atoms with Crippen molar-refractivity contribution in [3.05, 3.63) is 60.0 Å². The highest BCUT2D eigenvalue weighted by Crippen LogP contribution is 2.28. The second kappa shape index (κ2) is 9.50. The molecule has 0 aliphatic carbocycles. The molecule has 29 heavy (non-hydrogen) atoms. The van der Waals surface area contributed by atoms with Crippen molar-refractivity contribution in [1.82, 2.24) is 10.2 Å². The Balaban J connectivity index is 1.55. The summed E-state index contributed by atoms with van der Waals surface area (Å²) < 4.78 is 15.9. The van der Waals surface area contributed by atoms with Crippen molar-refractivity contribution in [2.75, 3.05) is 19.0 Å². The average Bonchev–Trinajstić information content (AvgIpc) is 3.22. The number of esters is 1. The Labute approximate surface area is 167 Å². The second-order valence-corrected chi connectivity index (χ2v) is 6.05. The van der Waals surface area contributed by atoms with E-state index < -0.39 is 5.97 Å². The maximum absolute atomic E-state index is 12.2. The maximum Gasteiger partial charge on any atom is 0.338 e. The smallest absolute Gasteiger partial charge is 0.338 e. The molecule has 3 aromatic rings. The molecule has 0 unspecified atom stereocenters. The van der Waals surface area contributed by atoms with Crippen LogP contribution in [-0.4, -0.2) is 35.8 Å². The number of amides is 1. The fraction of sp³-hybridized carbons (Fsp3) is 0.238. The third-order valence-corrected chi connectivity index (χ3v) is 4.05. The summed E-state index contributed by atoms with van der Waals surface area (Å²) >= 11 is 0. The molecule has 3 rings (SSSR count). The van der Waals surface area contributed by atoms with E-state index in [1.165, 1.54) is 0 Å². The molecule has 8 heteroatoms. The molecule has 0 aliphatic rings. The van der Waals surface area contributed by atoms with E-state index in [-0.39, 0.29) is 12.3 Å². The van der Waals surface area contributed by atoms with Gasteiger partial charge < -0.3 is 19.2 Å². The first-order valence-electron chi connectivity index (χ1n) is 9.13. The number of hydrogen-bond acceptors (Lipinski definition) is 7. The van der Waals surface area contributed by atoms with Gasteiger partial charge in [0.05, 0.1) is 24.8 Å². The number of para-hydroxylation sites is 1. The number of benzene rings is 2. The zero-order valence-corrected chi connectivity index (χ0v) is 16.2. The van der Waals surface area contributed by atoms with Crippen LogP contribution >= 0.6 is 0 Å². The van der Waals surface area contributed by atoms with Crippen LogP contribution in [-0.2, 0) is 16.0 Å². The molecule has 0 radical (unpaired) electrons. The Morgan fingerprint density at radius 1 is 1.07 bits per heavy atom. The van der Waals surface area contributed by atoms with E-state index in [4.69, 9.17) is 13.9 Å². The number of hydrogen-bond donors (Lipinski definition) is 1. The Hall–Kier alpha value is -3.68. The monoisotopic (exact) mass is 395 g/mol. The van der Waals surface area contributed by atoms with Crippen LogP contribution in [0.4, 0.5) is 5.69 Å². The molecule has 1 N–H and O–H groups in total. The van der Waals surface area contributed by atoms with Crippen LogP contribution in [0.5, 0.6) is 5.75 Å². The van der Waals surface area contributed by atoms with Crippen molar-refractivity contribution >= 4 is 17.6 Å². The summed E-state index contributed by atoms with van der Waals surface area (Å²) in [7, 11) is 1.57. The van der Waals surface area contributed by atoms with Gasteiger partial charge in [-0.2, -0.15) is 0 Å². The number of methoxy groups -OCH3 is 1. The predicted molar refractivity (Wildman–Crippen MR) is 106 cm³/mol. The summed E-state index contributed by atoms with van der Waals surface area (Å²) in [4.78, 5) is 23.8. The third kappa shape index (κ3) is 5.19. The van der Waals surface area contributed by atoms with Crippen LogP contribution in [0.2, 0.25) is 0 Å². The predicted octanol–water partition coefficient (Wildman–Crippen LogP) is 3.49. The van der Waals surface area contributed by atoms with Gasteiger partial charge in [-0.3, -0.25) is 4.79 Å². The third-order valence-electron chi connectivity index (χ3n) is 4.05. The molecule has 1 amide bonds. The van der Waals surface area contributed by atoms with Gasteiger partial charge in [0.25, 0.3) is 5.89 Å². The second-order valence-electron chi connectivity index (χ2n) is 6.05. The molecule has 0 saturated carbocycles. The van der Waals surface area contributed by atoms with Gasteiger partial charge >= 0.3 is 5.97 Å². The number of ether oxygens (including phenoxy) is 2. The van der Waals surface area contributed by atoms with E-state index in [1.54, 1.807) is 44.4 Å². The highest BCUT2D eigenvalue weighted by molar-refractivity contribution is 5.93. The van der Waals surface area contributed by atoms with Crippen LogP contribution in [0.3, 0.4) is 0 Å². The molecule has 0 saturated heterocycles. The molecule has 0 fully saturated rings. The van der Waals surface area contributed by atoms with Crippen LogP contribution in [0, 0.1) is 0 Å². The molecule has 0 bridgehead atoms. The lowest BCUT2D eigenvalue weighted by Crippen LogP contribution is -2.12. The molecule has 0 aliphatic heterocycles. The Kier molecular flexibility index (Phi) is 6.57. The lowest BCUT2D eigenvalue weighted by Gasteiger charge is -2.06. The number of anilines is 1. The SMILES string of the molecule is CCOC(=O)c1ccc(NC(=O)CCc2nnc(-c3ccccc3OC)o2)cc1. The highest BCUT2D eigenvalue weighted by atomic mass is 16.5. The van der Waals surface area contributed by atoms with Crippen LogP contribution in [0.25, 0.3) is 11.5 Å². The highest BCUT2D eigenvalue weighted by Gasteiger charge is 2.14. The topological polar surface area (TPSA) is 104 Å². The van der Waals surface area contributed by atoms with E-state index in [0.29, 0.717) is 47.4 Å². The largest absolute Gasteiger partial charge is 0.496 e. The van der Waals surface area contributed by atoms with Gasteiger partial charge in [-0.05, 0) is 43.3 Å². The molecule has 150 valence electrons. The molecular weight excluding hydrogens is 374 g/mol. The van der Waals surface area contributed by atoms with Crippen molar-refractivity contribution in [2.45, 2.75) is 19.8 Å². The standard InChI is InChI=1S/C21H21N3O5/c1-3-28-21(26)14-8-10-15(11-9-14)22-18(25)12-13-19-23-24-20(29-19)16-6-4-5-7-17(16)27-2/h4-11H,3,12-13H2,1-2H3,(H,22,25). The average molecular weight is 395 g/mol. The lowest BCUT2D eigenvalue weighted by atomic mass is 10.2. The number of aromatic nitrogens is 2.